The highest BCUT2D eigenvalue weighted by atomic mass is 16.7. The number of hydrogen-bond acceptors (Lipinski definition) is 4. The van der Waals surface area contributed by atoms with Crippen LogP contribution >= 0.6 is 0 Å². The van der Waals surface area contributed by atoms with Crippen LogP contribution in [0.3, 0.4) is 0 Å². The Labute approximate surface area is 96.5 Å². The van der Waals surface area contributed by atoms with Gasteiger partial charge in [0.15, 0.2) is 6.29 Å². The Morgan fingerprint density at radius 2 is 1.88 bits per heavy atom. The molecular weight excluding hydrogens is 204 g/mol. The minimum absolute atomic E-state index is 0.0182. The molecule has 0 aliphatic carbocycles. The fourth-order valence-electron chi connectivity index (χ4n) is 1.33. The Kier molecular flexibility index (Phi) is 5.25. The summed E-state index contributed by atoms with van der Waals surface area (Å²) in [6, 6.07) is 7.83. The van der Waals surface area contributed by atoms with E-state index in [0.29, 0.717) is 6.54 Å². The van der Waals surface area contributed by atoms with E-state index < -0.39 is 0 Å². The average molecular weight is 224 g/mol. The van der Waals surface area contributed by atoms with Gasteiger partial charge < -0.3 is 20.9 Å². The molecule has 4 N–H and O–H groups in total. The lowest BCUT2D eigenvalue weighted by Gasteiger charge is -2.13. The number of methoxy groups -OCH3 is 1. The molecular formula is C12H20N2O2. The molecule has 4 nitrogen and oxygen atoms in total. The summed E-state index contributed by atoms with van der Waals surface area (Å²) in [6.45, 7) is 2.34. The second kappa shape index (κ2) is 6.48. The van der Waals surface area contributed by atoms with Crippen LogP contribution in [-0.4, -0.2) is 26.0 Å². The van der Waals surface area contributed by atoms with Crippen molar-refractivity contribution >= 4 is 0 Å². The zero-order chi connectivity index (χ0) is 12.0. The maximum atomic E-state index is 5.77. The molecule has 2 unspecified atom stereocenters. The number of ether oxygens (including phenoxy) is 2. The highest BCUT2D eigenvalue weighted by molar-refractivity contribution is 5.27. The summed E-state index contributed by atoms with van der Waals surface area (Å²) in [5.41, 5.74) is 12.4. The van der Waals surface area contributed by atoms with Crippen molar-refractivity contribution in [2.24, 2.45) is 11.5 Å². The zero-order valence-electron chi connectivity index (χ0n) is 9.85. The van der Waals surface area contributed by atoms with Gasteiger partial charge in [0.2, 0.25) is 0 Å². The Balaban J connectivity index is 2.54. The highest BCUT2D eigenvalue weighted by Crippen LogP contribution is 2.14. The Hall–Kier alpha value is -1.10. The predicted molar refractivity (Wildman–Crippen MR) is 64.3 cm³/mol. The van der Waals surface area contributed by atoms with E-state index in [0.717, 1.165) is 17.7 Å². The first kappa shape index (κ1) is 13.0. The van der Waals surface area contributed by atoms with Crippen molar-refractivity contribution in [1.82, 2.24) is 0 Å². The van der Waals surface area contributed by atoms with Crippen LogP contribution in [0.4, 0.5) is 0 Å². The lowest BCUT2D eigenvalue weighted by molar-refractivity contribution is -0.0382. The summed E-state index contributed by atoms with van der Waals surface area (Å²) < 4.78 is 10.5. The molecule has 0 bridgehead atoms. The van der Waals surface area contributed by atoms with Crippen LogP contribution in [0.25, 0.3) is 0 Å². The van der Waals surface area contributed by atoms with Crippen molar-refractivity contribution in [1.29, 1.82) is 0 Å². The fraction of sp³-hybridized carbons (Fsp3) is 0.500. The van der Waals surface area contributed by atoms with E-state index in [1.807, 2.05) is 31.2 Å². The molecule has 0 fully saturated rings. The number of benzene rings is 1. The molecule has 0 spiro atoms. The predicted octanol–water partition coefficient (Wildman–Crippen LogP) is 0.886. The summed E-state index contributed by atoms with van der Waals surface area (Å²) in [5, 5.41) is 0. The minimum atomic E-state index is -0.239. The van der Waals surface area contributed by atoms with E-state index in [1.54, 1.807) is 7.11 Å². The van der Waals surface area contributed by atoms with Crippen molar-refractivity contribution in [2.45, 2.75) is 25.7 Å². The van der Waals surface area contributed by atoms with Gasteiger partial charge in [0.05, 0.1) is 0 Å². The first-order chi connectivity index (χ1) is 7.65. The number of hydrogen-bond donors (Lipinski definition) is 2. The SMILES string of the molecule is COC(C)Oc1ccc(CC(N)CN)cc1. The average Bonchev–Trinajstić information content (AvgIpc) is 2.31. The Morgan fingerprint density at radius 3 is 2.38 bits per heavy atom. The lowest BCUT2D eigenvalue weighted by Crippen LogP contribution is -2.31. The normalized spacial score (nSPS) is 14.5. The molecule has 0 aromatic heterocycles. The third-order valence-corrected chi connectivity index (χ3v) is 2.36. The third-order valence-electron chi connectivity index (χ3n) is 2.36. The molecule has 0 heterocycles. The second-order valence-electron chi connectivity index (χ2n) is 3.77. The van der Waals surface area contributed by atoms with Gasteiger partial charge in [-0.1, -0.05) is 12.1 Å². The summed E-state index contributed by atoms with van der Waals surface area (Å²) in [6.07, 6.45) is 0.550. The maximum Gasteiger partial charge on any atom is 0.196 e. The van der Waals surface area contributed by atoms with Gasteiger partial charge >= 0.3 is 0 Å². The van der Waals surface area contributed by atoms with Crippen LogP contribution in [0, 0.1) is 0 Å². The fourth-order valence-corrected chi connectivity index (χ4v) is 1.33. The molecule has 0 amide bonds. The van der Waals surface area contributed by atoms with Gasteiger partial charge in [0.25, 0.3) is 0 Å². The summed E-state index contributed by atoms with van der Waals surface area (Å²) in [4.78, 5) is 0. The summed E-state index contributed by atoms with van der Waals surface area (Å²) in [5.74, 6) is 0.791. The van der Waals surface area contributed by atoms with Gasteiger partial charge in [0.1, 0.15) is 5.75 Å². The van der Waals surface area contributed by atoms with E-state index in [-0.39, 0.29) is 12.3 Å². The van der Waals surface area contributed by atoms with Crippen molar-refractivity contribution in [3.8, 4) is 5.75 Å². The van der Waals surface area contributed by atoms with Crippen LogP contribution in [0.1, 0.15) is 12.5 Å². The second-order valence-corrected chi connectivity index (χ2v) is 3.77. The van der Waals surface area contributed by atoms with Crippen molar-refractivity contribution in [3.05, 3.63) is 29.8 Å². The van der Waals surface area contributed by atoms with Gasteiger partial charge in [-0.05, 0) is 31.0 Å². The molecule has 4 heteroatoms. The highest BCUT2D eigenvalue weighted by Gasteiger charge is 2.03. The lowest BCUT2D eigenvalue weighted by atomic mass is 10.1. The van der Waals surface area contributed by atoms with Crippen molar-refractivity contribution in [2.75, 3.05) is 13.7 Å². The van der Waals surface area contributed by atoms with Crippen LogP contribution in [0.5, 0.6) is 5.75 Å². The van der Waals surface area contributed by atoms with Crippen LogP contribution < -0.4 is 16.2 Å². The van der Waals surface area contributed by atoms with Gasteiger partial charge in [0, 0.05) is 19.7 Å². The number of rotatable bonds is 6. The molecule has 1 aromatic rings. The molecule has 0 radical (unpaired) electrons. The zero-order valence-corrected chi connectivity index (χ0v) is 9.85. The third kappa shape index (κ3) is 4.18. The molecule has 0 aliphatic rings. The van der Waals surface area contributed by atoms with Crippen LogP contribution in [0.2, 0.25) is 0 Å². The van der Waals surface area contributed by atoms with Gasteiger partial charge in [-0.15, -0.1) is 0 Å². The van der Waals surface area contributed by atoms with E-state index >= 15 is 0 Å². The standard InChI is InChI=1S/C12H20N2O2/c1-9(15-2)16-12-5-3-10(4-6-12)7-11(14)8-13/h3-6,9,11H,7-8,13-14H2,1-2H3. The molecule has 0 saturated heterocycles. The van der Waals surface area contributed by atoms with Gasteiger partial charge in [-0.3, -0.25) is 0 Å². The monoisotopic (exact) mass is 224 g/mol. The molecule has 16 heavy (non-hydrogen) atoms. The largest absolute Gasteiger partial charge is 0.465 e. The van der Waals surface area contributed by atoms with Crippen LogP contribution in [-0.2, 0) is 11.2 Å². The topological polar surface area (TPSA) is 70.5 Å². The first-order valence-electron chi connectivity index (χ1n) is 5.39. The quantitative estimate of drug-likeness (QED) is 0.704. The van der Waals surface area contributed by atoms with E-state index in [1.165, 1.54) is 0 Å². The maximum absolute atomic E-state index is 5.77. The molecule has 0 aliphatic heterocycles. The van der Waals surface area contributed by atoms with Crippen molar-refractivity contribution < 1.29 is 9.47 Å². The van der Waals surface area contributed by atoms with E-state index in [4.69, 9.17) is 20.9 Å². The van der Waals surface area contributed by atoms with Crippen LogP contribution in [0.15, 0.2) is 24.3 Å². The van der Waals surface area contributed by atoms with E-state index in [9.17, 15) is 0 Å². The Bertz CT molecular complexity index is 269. The molecule has 0 saturated carbocycles. The number of nitrogens with two attached hydrogens (primary N) is 2. The van der Waals surface area contributed by atoms with Gasteiger partial charge in [-0.25, -0.2) is 0 Å². The molecule has 1 rings (SSSR count). The smallest absolute Gasteiger partial charge is 0.196 e. The summed E-state index contributed by atoms with van der Waals surface area (Å²) >= 11 is 0. The first-order valence-corrected chi connectivity index (χ1v) is 5.39. The minimum Gasteiger partial charge on any atom is -0.465 e. The van der Waals surface area contributed by atoms with E-state index in [2.05, 4.69) is 0 Å². The van der Waals surface area contributed by atoms with Crippen molar-refractivity contribution in [3.63, 3.8) is 0 Å². The molecule has 90 valence electrons. The molecule has 1 aromatic carbocycles. The Morgan fingerprint density at radius 1 is 1.25 bits per heavy atom. The van der Waals surface area contributed by atoms with Gasteiger partial charge in [-0.2, -0.15) is 0 Å². The summed E-state index contributed by atoms with van der Waals surface area (Å²) in [7, 11) is 1.61. The molecule has 2 atom stereocenters.